The molecule has 1 aromatic rings. The van der Waals surface area contributed by atoms with E-state index in [1.165, 1.54) is 3.57 Å². The summed E-state index contributed by atoms with van der Waals surface area (Å²) in [7, 11) is 0. The Morgan fingerprint density at radius 1 is 1.67 bits per heavy atom. The molecule has 0 unspecified atom stereocenters. The van der Waals surface area contributed by atoms with Gasteiger partial charge in [0.15, 0.2) is 0 Å². The maximum atomic E-state index is 10.6. The van der Waals surface area contributed by atoms with E-state index in [9.17, 15) is 4.79 Å². The second kappa shape index (κ2) is 3.00. The first-order chi connectivity index (χ1) is 4.33. The quantitative estimate of drug-likeness (QED) is 0.416. The van der Waals surface area contributed by atoms with Crippen LogP contribution in [-0.2, 0) is 0 Å². The average molecular weight is 236 g/mol. The first-order valence-electron chi connectivity index (χ1n) is 2.51. The Hall–Kier alpha value is -0.320. The predicted octanol–water partition coefficient (Wildman–Crippen LogP) is -2.74. The zero-order valence-corrected chi connectivity index (χ0v) is 7.18. The summed E-state index contributed by atoms with van der Waals surface area (Å²) >= 11 is 0.0726. The van der Waals surface area contributed by atoms with Crippen LogP contribution >= 0.6 is 0 Å². The van der Waals surface area contributed by atoms with Crippen LogP contribution in [-0.4, -0.2) is 9.91 Å². The number of rotatable bonds is 1. The number of H-pyrrole nitrogens is 1. The van der Waals surface area contributed by atoms with Crippen LogP contribution in [0.25, 0.3) is 0 Å². The molecule has 0 bridgehead atoms. The molecule has 0 aliphatic carbocycles. The van der Waals surface area contributed by atoms with Gasteiger partial charge in [0.2, 0.25) is 0 Å². The molecule has 0 spiro atoms. The minimum absolute atomic E-state index is 0.00838. The molecule has 1 heterocycles. The number of halogens is 1. The van der Waals surface area contributed by atoms with Crippen molar-refractivity contribution in [2.45, 2.75) is 0 Å². The molecule has 2 nitrogen and oxygen atoms in total. The van der Waals surface area contributed by atoms with Gasteiger partial charge >= 0.3 is 63.4 Å². The fourth-order valence-electron chi connectivity index (χ4n) is 0.536. The van der Waals surface area contributed by atoms with E-state index >= 15 is 0 Å². The number of aromatic nitrogens is 1. The summed E-state index contributed by atoms with van der Waals surface area (Å²) in [6.45, 7) is 0. The van der Waals surface area contributed by atoms with Crippen molar-refractivity contribution in [3.05, 3.63) is 32.3 Å². The Morgan fingerprint density at radius 3 is 2.89 bits per heavy atom. The van der Waals surface area contributed by atoms with E-state index in [4.69, 9.17) is 0 Å². The third-order valence-electron chi connectivity index (χ3n) is 0.955. The van der Waals surface area contributed by atoms with Crippen molar-refractivity contribution in [2.75, 3.05) is 4.93 Å². The number of pyridine rings is 1. The van der Waals surface area contributed by atoms with Crippen LogP contribution in [0.15, 0.2) is 23.1 Å². The zero-order chi connectivity index (χ0) is 6.69. The first-order valence-corrected chi connectivity index (χ1v) is 5.75. The molecular weight excluding hydrogens is 229 g/mol. The normalized spacial score (nSPS) is 9.89. The first kappa shape index (κ1) is 6.80. The van der Waals surface area contributed by atoms with Gasteiger partial charge in [0, 0.05) is 0 Å². The number of alkyl halides is 1. The van der Waals surface area contributed by atoms with Crippen molar-refractivity contribution in [3.8, 4) is 0 Å². The monoisotopic (exact) mass is 236 g/mol. The molecule has 0 aromatic carbocycles. The summed E-state index contributed by atoms with van der Waals surface area (Å²) < 4.78 is 1.19. The summed E-state index contributed by atoms with van der Waals surface area (Å²) in [5.74, 6) is 0. The predicted molar refractivity (Wildman–Crippen MR) is 31.7 cm³/mol. The van der Waals surface area contributed by atoms with Crippen molar-refractivity contribution >= 4 is 0 Å². The van der Waals surface area contributed by atoms with Crippen LogP contribution in [0.4, 0.5) is 0 Å². The van der Waals surface area contributed by atoms with Crippen molar-refractivity contribution in [3.63, 3.8) is 0 Å². The summed E-state index contributed by atoms with van der Waals surface area (Å²) in [5, 5.41) is 0. The molecule has 0 radical (unpaired) electrons. The van der Waals surface area contributed by atoms with E-state index in [0.29, 0.717) is 0 Å². The fourth-order valence-corrected chi connectivity index (χ4v) is 1.67. The third-order valence-corrected chi connectivity index (χ3v) is 2.87. The Morgan fingerprint density at radius 2 is 2.44 bits per heavy atom. The SMILES string of the molecule is C[I-]c1cc[nH]c(=O)c1. The van der Waals surface area contributed by atoms with Crippen LogP contribution in [0.1, 0.15) is 0 Å². The number of aromatic amines is 1. The van der Waals surface area contributed by atoms with Gasteiger partial charge in [-0.15, -0.1) is 0 Å². The molecule has 1 N–H and O–H groups in total. The zero-order valence-electron chi connectivity index (χ0n) is 5.02. The van der Waals surface area contributed by atoms with Gasteiger partial charge in [-0.3, -0.25) is 0 Å². The Labute approximate surface area is 63.6 Å². The van der Waals surface area contributed by atoms with E-state index in [1.54, 1.807) is 12.3 Å². The molecule has 0 saturated carbocycles. The van der Waals surface area contributed by atoms with E-state index in [2.05, 4.69) is 9.91 Å². The summed E-state index contributed by atoms with van der Waals surface area (Å²) in [4.78, 5) is 15.3. The van der Waals surface area contributed by atoms with Crippen molar-refractivity contribution in [2.24, 2.45) is 0 Å². The molecule has 1 aromatic heterocycles. The van der Waals surface area contributed by atoms with Gasteiger partial charge in [-0.2, -0.15) is 0 Å². The molecule has 50 valence electrons. The van der Waals surface area contributed by atoms with Gasteiger partial charge < -0.3 is 0 Å². The molecule has 0 aliphatic heterocycles. The second-order valence-corrected chi connectivity index (χ2v) is 3.88. The van der Waals surface area contributed by atoms with E-state index < -0.39 is 0 Å². The molecule has 0 fully saturated rings. The number of hydrogen-bond donors (Lipinski definition) is 1. The van der Waals surface area contributed by atoms with Gasteiger partial charge in [-0.05, 0) is 0 Å². The Kier molecular flexibility index (Phi) is 2.27. The molecule has 1 rings (SSSR count). The van der Waals surface area contributed by atoms with Gasteiger partial charge in [0.25, 0.3) is 0 Å². The summed E-state index contributed by atoms with van der Waals surface area (Å²) in [6, 6.07) is 3.61. The van der Waals surface area contributed by atoms with Crippen LogP contribution in [0.2, 0.25) is 0 Å². The Bertz CT molecular complexity index is 243. The van der Waals surface area contributed by atoms with Crippen LogP contribution in [0, 0.1) is 3.57 Å². The van der Waals surface area contributed by atoms with E-state index in [-0.39, 0.29) is 26.8 Å². The molecule has 0 aliphatic rings. The summed E-state index contributed by atoms with van der Waals surface area (Å²) in [6.07, 6.45) is 1.70. The maximum absolute atomic E-state index is 10.6. The van der Waals surface area contributed by atoms with Crippen LogP contribution < -0.4 is 26.8 Å². The van der Waals surface area contributed by atoms with Crippen molar-refractivity contribution in [1.82, 2.24) is 4.98 Å². The van der Waals surface area contributed by atoms with Crippen LogP contribution in [0.5, 0.6) is 0 Å². The Balaban J connectivity index is 3.08. The topological polar surface area (TPSA) is 32.9 Å². The van der Waals surface area contributed by atoms with Crippen molar-refractivity contribution < 1.29 is 21.2 Å². The van der Waals surface area contributed by atoms with Gasteiger partial charge in [-0.1, -0.05) is 0 Å². The molecular formula is C6H7INO-. The third kappa shape index (κ3) is 1.82. The molecule has 0 atom stereocenters. The standard InChI is InChI=1S/C6H7INO/c1-7-5-2-3-8-6(9)4-5/h2-4H,1H3,(H,8,9)/q-1. The van der Waals surface area contributed by atoms with Crippen LogP contribution in [0.3, 0.4) is 0 Å². The molecule has 0 amide bonds. The van der Waals surface area contributed by atoms with E-state index in [1.807, 2.05) is 6.07 Å². The average Bonchev–Trinajstić information content (AvgIpc) is 1.88. The number of nitrogens with one attached hydrogen (secondary N) is 1. The minimum atomic E-state index is 0.00838. The number of hydrogen-bond acceptors (Lipinski definition) is 1. The van der Waals surface area contributed by atoms with Crippen molar-refractivity contribution in [1.29, 1.82) is 0 Å². The van der Waals surface area contributed by atoms with Gasteiger partial charge in [-0.25, -0.2) is 0 Å². The molecule has 0 saturated heterocycles. The molecule has 9 heavy (non-hydrogen) atoms. The summed E-state index contributed by atoms with van der Waals surface area (Å²) in [5.41, 5.74) is 0.00838. The van der Waals surface area contributed by atoms with E-state index in [0.717, 1.165) is 0 Å². The van der Waals surface area contributed by atoms with Gasteiger partial charge in [0.05, 0.1) is 0 Å². The fraction of sp³-hybridized carbons (Fsp3) is 0.167. The second-order valence-electron chi connectivity index (χ2n) is 1.56. The van der Waals surface area contributed by atoms with Gasteiger partial charge in [0.1, 0.15) is 0 Å². The molecule has 3 heteroatoms.